The van der Waals surface area contributed by atoms with Gasteiger partial charge >= 0.3 is 0 Å². The van der Waals surface area contributed by atoms with Crippen LogP contribution in [-0.2, 0) is 18.3 Å². The van der Waals surface area contributed by atoms with E-state index in [9.17, 15) is 0 Å². The number of hydrogen-bond donors (Lipinski definition) is 1. The Labute approximate surface area is 110 Å². The van der Waals surface area contributed by atoms with Crippen LogP contribution in [0.2, 0.25) is 0 Å². The second kappa shape index (κ2) is 4.37. The Morgan fingerprint density at radius 2 is 2.35 bits per heavy atom. The number of aromatic nitrogens is 2. The van der Waals surface area contributed by atoms with Crippen LogP contribution in [0.1, 0.15) is 30.7 Å². The van der Waals surface area contributed by atoms with E-state index in [0.717, 1.165) is 16.7 Å². The molecular weight excluding hydrogens is 282 g/mol. The molecule has 0 spiro atoms. The fraction of sp³-hybridized carbons (Fsp3) is 0.750. The van der Waals surface area contributed by atoms with Crippen molar-refractivity contribution >= 4 is 15.9 Å². The summed E-state index contributed by atoms with van der Waals surface area (Å²) >= 11 is 3.60. The van der Waals surface area contributed by atoms with Gasteiger partial charge < -0.3 is 10.1 Å². The summed E-state index contributed by atoms with van der Waals surface area (Å²) in [6.45, 7) is 2.88. The van der Waals surface area contributed by atoms with Crippen molar-refractivity contribution in [2.45, 2.75) is 51.0 Å². The van der Waals surface area contributed by atoms with Crippen molar-refractivity contribution in [1.29, 1.82) is 0 Å². The molecule has 2 saturated heterocycles. The average molecular weight is 300 g/mol. The van der Waals surface area contributed by atoms with E-state index in [-0.39, 0.29) is 0 Å². The zero-order valence-corrected chi connectivity index (χ0v) is 11.8. The summed E-state index contributed by atoms with van der Waals surface area (Å²) in [5, 5.41) is 8.01. The lowest BCUT2D eigenvalue weighted by Crippen LogP contribution is -2.37. The van der Waals surface area contributed by atoms with E-state index in [4.69, 9.17) is 4.74 Å². The Kier molecular flexibility index (Phi) is 3.00. The van der Waals surface area contributed by atoms with Gasteiger partial charge in [-0.3, -0.25) is 4.68 Å². The van der Waals surface area contributed by atoms with Crippen molar-refractivity contribution in [2.24, 2.45) is 7.05 Å². The highest BCUT2D eigenvalue weighted by Gasteiger charge is 2.40. The van der Waals surface area contributed by atoms with E-state index in [0.29, 0.717) is 18.2 Å². The molecule has 1 N–H and O–H groups in total. The van der Waals surface area contributed by atoms with E-state index in [1.54, 1.807) is 0 Å². The quantitative estimate of drug-likeness (QED) is 0.926. The molecule has 0 aromatic carbocycles. The molecule has 2 bridgehead atoms. The third-order valence-electron chi connectivity index (χ3n) is 3.90. The van der Waals surface area contributed by atoms with Crippen LogP contribution in [0.4, 0.5) is 0 Å². The van der Waals surface area contributed by atoms with E-state index in [2.05, 4.69) is 26.3 Å². The third-order valence-corrected chi connectivity index (χ3v) is 4.93. The standard InChI is InChI=1S/C12H18BrN3O/c1-7-12(13)10(16(2)15-7)6-14-9-5-8-3-4-11(9)17-8/h8-9,11,14H,3-6H2,1-2H3. The number of hydrogen-bond acceptors (Lipinski definition) is 3. The summed E-state index contributed by atoms with van der Waals surface area (Å²) in [5.74, 6) is 0. The molecular formula is C12H18BrN3O. The minimum atomic E-state index is 0.438. The predicted molar refractivity (Wildman–Crippen MR) is 68.8 cm³/mol. The second-order valence-corrected chi connectivity index (χ2v) is 5.86. The van der Waals surface area contributed by atoms with Crippen LogP contribution >= 0.6 is 15.9 Å². The van der Waals surface area contributed by atoms with Gasteiger partial charge in [0.05, 0.1) is 28.1 Å². The summed E-state index contributed by atoms with van der Waals surface area (Å²) in [5.41, 5.74) is 2.26. The normalized spacial score (nSPS) is 31.4. The molecule has 3 heterocycles. The lowest BCUT2D eigenvalue weighted by Gasteiger charge is -2.20. The Morgan fingerprint density at radius 3 is 2.88 bits per heavy atom. The lowest BCUT2D eigenvalue weighted by molar-refractivity contribution is 0.0972. The maximum atomic E-state index is 5.84. The molecule has 94 valence electrons. The van der Waals surface area contributed by atoms with Crippen molar-refractivity contribution in [2.75, 3.05) is 0 Å². The summed E-state index contributed by atoms with van der Waals surface area (Å²) in [6.07, 6.45) is 4.58. The Balaban J connectivity index is 1.64. The molecule has 3 atom stereocenters. The maximum Gasteiger partial charge on any atom is 0.0739 e. The lowest BCUT2D eigenvalue weighted by atomic mass is 9.95. The van der Waals surface area contributed by atoms with Crippen LogP contribution in [0.25, 0.3) is 0 Å². The summed E-state index contributed by atoms with van der Waals surface area (Å²) in [6, 6.07) is 0.524. The number of nitrogens with one attached hydrogen (secondary N) is 1. The summed E-state index contributed by atoms with van der Waals surface area (Å²) in [4.78, 5) is 0. The number of halogens is 1. The zero-order valence-electron chi connectivity index (χ0n) is 10.2. The molecule has 2 aliphatic rings. The van der Waals surface area contributed by atoms with Crippen LogP contribution < -0.4 is 5.32 Å². The smallest absolute Gasteiger partial charge is 0.0739 e. The molecule has 0 radical (unpaired) electrons. The van der Waals surface area contributed by atoms with Gasteiger partial charge in [0.1, 0.15) is 0 Å². The highest BCUT2D eigenvalue weighted by molar-refractivity contribution is 9.10. The fourth-order valence-corrected chi connectivity index (χ4v) is 3.43. The molecule has 0 amide bonds. The summed E-state index contributed by atoms with van der Waals surface area (Å²) < 4.78 is 8.91. The van der Waals surface area contributed by atoms with Gasteiger partial charge in [0.15, 0.2) is 0 Å². The van der Waals surface area contributed by atoms with Gasteiger partial charge in [0.2, 0.25) is 0 Å². The van der Waals surface area contributed by atoms with E-state index in [1.165, 1.54) is 25.0 Å². The molecule has 2 aliphatic heterocycles. The molecule has 17 heavy (non-hydrogen) atoms. The minimum absolute atomic E-state index is 0.438. The first-order valence-corrected chi connectivity index (χ1v) is 7.01. The number of rotatable bonds is 3. The Morgan fingerprint density at radius 1 is 1.53 bits per heavy atom. The fourth-order valence-electron chi connectivity index (χ4n) is 2.95. The van der Waals surface area contributed by atoms with Gasteiger partial charge in [0.25, 0.3) is 0 Å². The SMILES string of the molecule is Cc1nn(C)c(CNC2CC3CCC2O3)c1Br. The topological polar surface area (TPSA) is 39.1 Å². The highest BCUT2D eigenvalue weighted by atomic mass is 79.9. The van der Waals surface area contributed by atoms with Crippen molar-refractivity contribution < 1.29 is 4.74 Å². The highest BCUT2D eigenvalue weighted by Crippen LogP contribution is 2.34. The van der Waals surface area contributed by atoms with E-state index < -0.39 is 0 Å². The number of ether oxygens (including phenoxy) is 1. The number of aryl methyl sites for hydroxylation is 2. The molecule has 3 unspecified atom stereocenters. The van der Waals surface area contributed by atoms with Crippen molar-refractivity contribution in [1.82, 2.24) is 15.1 Å². The van der Waals surface area contributed by atoms with Crippen molar-refractivity contribution in [3.8, 4) is 0 Å². The van der Waals surface area contributed by atoms with Crippen LogP contribution in [0, 0.1) is 6.92 Å². The van der Waals surface area contributed by atoms with Gasteiger partial charge in [-0.25, -0.2) is 0 Å². The molecule has 3 rings (SSSR count). The number of nitrogens with zero attached hydrogens (tertiary/aromatic N) is 2. The number of fused-ring (bicyclic) bond motifs is 2. The van der Waals surface area contributed by atoms with Crippen molar-refractivity contribution in [3.63, 3.8) is 0 Å². The van der Waals surface area contributed by atoms with Gasteiger partial charge in [-0.15, -0.1) is 0 Å². The average Bonchev–Trinajstić information content (AvgIpc) is 2.95. The molecule has 2 fully saturated rings. The minimum Gasteiger partial charge on any atom is -0.373 e. The molecule has 0 saturated carbocycles. The molecule has 0 aliphatic carbocycles. The summed E-state index contributed by atoms with van der Waals surface area (Å²) in [7, 11) is 1.99. The molecule has 1 aromatic heterocycles. The largest absolute Gasteiger partial charge is 0.373 e. The Hall–Kier alpha value is -0.390. The molecule has 1 aromatic rings. The first-order chi connectivity index (χ1) is 8.15. The molecule has 5 heteroatoms. The maximum absolute atomic E-state index is 5.84. The Bertz CT molecular complexity index is 432. The first-order valence-electron chi connectivity index (χ1n) is 6.22. The van der Waals surface area contributed by atoms with Gasteiger partial charge in [-0.1, -0.05) is 0 Å². The van der Waals surface area contributed by atoms with E-state index >= 15 is 0 Å². The zero-order chi connectivity index (χ0) is 12.0. The van der Waals surface area contributed by atoms with Crippen LogP contribution in [0.5, 0.6) is 0 Å². The predicted octanol–water partition coefficient (Wildman–Crippen LogP) is 1.90. The second-order valence-electron chi connectivity index (χ2n) is 5.07. The van der Waals surface area contributed by atoms with E-state index in [1.807, 2.05) is 18.7 Å². The first kappa shape index (κ1) is 11.7. The third kappa shape index (κ3) is 2.04. The van der Waals surface area contributed by atoms with Gasteiger partial charge in [-0.05, 0) is 42.1 Å². The van der Waals surface area contributed by atoms with Crippen LogP contribution in [0.15, 0.2) is 4.47 Å². The van der Waals surface area contributed by atoms with Gasteiger partial charge in [-0.2, -0.15) is 5.10 Å². The molecule has 4 nitrogen and oxygen atoms in total. The van der Waals surface area contributed by atoms with Gasteiger partial charge in [0, 0.05) is 19.6 Å². The van der Waals surface area contributed by atoms with Crippen LogP contribution in [-0.4, -0.2) is 28.0 Å². The van der Waals surface area contributed by atoms with Crippen molar-refractivity contribution in [3.05, 3.63) is 15.9 Å². The van der Waals surface area contributed by atoms with Crippen LogP contribution in [0.3, 0.4) is 0 Å². The monoisotopic (exact) mass is 299 g/mol.